The number of aliphatic hydroxyl groups excluding tert-OH is 1. The van der Waals surface area contributed by atoms with E-state index in [2.05, 4.69) is 24.8 Å². The molecule has 6 nitrogen and oxygen atoms in total. The van der Waals surface area contributed by atoms with Crippen molar-refractivity contribution in [3.05, 3.63) is 28.8 Å². The number of piperazine rings is 1. The Morgan fingerprint density at radius 1 is 1.23 bits per heavy atom. The van der Waals surface area contributed by atoms with Crippen molar-refractivity contribution in [2.45, 2.75) is 84.5 Å². The van der Waals surface area contributed by atoms with Crippen LogP contribution < -0.4 is 4.90 Å². The van der Waals surface area contributed by atoms with Crippen molar-refractivity contribution >= 4 is 29.2 Å². The molecule has 1 aliphatic rings. The highest BCUT2D eigenvalue weighted by Gasteiger charge is 2.27. The third kappa shape index (κ3) is 8.00. The molecule has 0 aliphatic carbocycles. The molecular formula is C24H37ClN2O4. The zero-order valence-corrected chi connectivity index (χ0v) is 20.2. The predicted molar refractivity (Wildman–Crippen MR) is 125 cm³/mol. The topological polar surface area (TPSA) is 70.1 Å². The average molecular weight is 453 g/mol. The quantitative estimate of drug-likeness (QED) is 0.598. The van der Waals surface area contributed by atoms with Crippen molar-refractivity contribution < 1.29 is 19.4 Å². The molecule has 1 saturated heterocycles. The molecule has 1 amide bonds. The van der Waals surface area contributed by atoms with Crippen molar-refractivity contribution in [1.29, 1.82) is 0 Å². The second-order valence-corrected chi connectivity index (χ2v) is 9.74. The number of hydrogen-bond donors (Lipinski definition) is 1. The van der Waals surface area contributed by atoms with Gasteiger partial charge in [-0.15, -0.1) is 0 Å². The largest absolute Gasteiger partial charge is 0.460 e. The lowest BCUT2D eigenvalue weighted by Crippen LogP contribution is -2.53. The van der Waals surface area contributed by atoms with Crippen LogP contribution in [0.2, 0.25) is 5.02 Å². The summed E-state index contributed by atoms with van der Waals surface area (Å²) in [5.41, 5.74) is 1.74. The smallest absolute Gasteiger partial charge is 0.306 e. The van der Waals surface area contributed by atoms with Gasteiger partial charge in [-0.3, -0.25) is 9.59 Å². The summed E-state index contributed by atoms with van der Waals surface area (Å²) in [5.74, 6) is -0.274. The number of aryl methyl sites for hydroxylation is 1. The Kier molecular flexibility index (Phi) is 9.19. The number of aliphatic hydroxyl groups is 1. The first kappa shape index (κ1) is 25.5. The Bertz CT molecular complexity index is 762. The minimum absolute atomic E-state index is 0.0492. The van der Waals surface area contributed by atoms with E-state index in [-0.39, 0.29) is 30.8 Å². The van der Waals surface area contributed by atoms with Gasteiger partial charge in [-0.1, -0.05) is 18.5 Å². The van der Waals surface area contributed by atoms with Crippen LogP contribution in [-0.2, 0) is 20.7 Å². The lowest BCUT2D eigenvalue weighted by Gasteiger charge is -2.41. The molecule has 1 N–H and O–H groups in total. The predicted octanol–water partition coefficient (Wildman–Crippen LogP) is 4.20. The van der Waals surface area contributed by atoms with Crippen LogP contribution in [-0.4, -0.2) is 59.3 Å². The van der Waals surface area contributed by atoms with Gasteiger partial charge in [0.15, 0.2) is 0 Å². The van der Waals surface area contributed by atoms with Crippen molar-refractivity contribution in [1.82, 2.24) is 4.90 Å². The van der Waals surface area contributed by atoms with Crippen LogP contribution >= 0.6 is 11.6 Å². The number of hydrogen-bond acceptors (Lipinski definition) is 5. The third-order valence-electron chi connectivity index (χ3n) is 5.52. The first-order valence-electron chi connectivity index (χ1n) is 11.2. The van der Waals surface area contributed by atoms with E-state index in [1.807, 2.05) is 37.8 Å². The maximum absolute atomic E-state index is 12.6. The Balaban J connectivity index is 1.78. The van der Waals surface area contributed by atoms with Gasteiger partial charge >= 0.3 is 5.97 Å². The van der Waals surface area contributed by atoms with Gasteiger partial charge in [-0.05, 0) is 70.7 Å². The number of amides is 1. The maximum atomic E-state index is 12.6. The van der Waals surface area contributed by atoms with E-state index in [1.54, 1.807) is 0 Å². The molecular weight excluding hydrogens is 416 g/mol. The molecule has 2 atom stereocenters. The zero-order valence-electron chi connectivity index (χ0n) is 19.5. The number of benzene rings is 1. The number of carbonyl (C=O) groups excluding carboxylic acids is 2. The number of esters is 1. The molecule has 7 heteroatoms. The summed E-state index contributed by atoms with van der Waals surface area (Å²) >= 11 is 6.25. The van der Waals surface area contributed by atoms with Crippen LogP contribution in [0, 0.1) is 0 Å². The summed E-state index contributed by atoms with van der Waals surface area (Å²) in [6, 6.07) is 6.31. The van der Waals surface area contributed by atoms with Crippen molar-refractivity contribution in [2.75, 3.05) is 24.5 Å². The van der Waals surface area contributed by atoms with Crippen LogP contribution in [0.4, 0.5) is 5.69 Å². The first-order valence-corrected chi connectivity index (χ1v) is 11.6. The molecule has 1 aliphatic heterocycles. The molecule has 1 aromatic carbocycles. The molecule has 174 valence electrons. The van der Waals surface area contributed by atoms with Crippen molar-refractivity contribution in [2.24, 2.45) is 0 Å². The maximum Gasteiger partial charge on any atom is 0.306 e. The molecule has 31 heavy (non-hydrogen) atoms. The highest BCUT2D eigenvalue weighted by atomic mass is 35.5. The summed E-state index contributed by atoms with van der Waals surface area (Å²) in [4.78, 5) is 28.6. The molecule has 1 heterocycles. The Labute approximate surface area is 191 Å². The van der Waals surface area contributed by atoms with Crippen LogP contribution in [0.15, 0.2) is 18.2 Å². The van der Waals surface area contributed by atoms with Crippen LogP contribution in [0.25, 0.3) is 0 Å². The lowest BCUT2D eigenvalue weighted by molar-refractivity contribution is -0.155. The lowest BCUT2D eigenvalue weighted by atomic mass is 10.1. The Hall–Kier alpha value is -1.79. The number of halogens is 1. The van der Waals surface area contributed by atoms with E-state index in [0.717, 1.165) is 29.2 Å². The summed E-state index contributed by atoms with van der Waals surface area (Å²) in [7, 11) is 0. The molecule has 1 fully saturated rings. The monoisotopic (exact) mass is 452 g/mol. The molecule has 0 bridgehead atoms. The minimum atomic E-state index is -0.684. The molecule has 1 aromatic rings. The van der Waals surface area contributed by atoms with E-state index in [9.17, 15) is 14.7 Å². The molecule has 1 unspecified atom stereocenters. The van der Waals surface area contributed by atoms with E-state index in [0.29, 0.717) is 25.9 Å². The van der Waals surface area contributed by atoms with Gasteiger partial charge < -0.3 is 19.6 Å². The van der Waals surface area contributed by atoms with E-state index < -0.39 is 11.7 Å². The van der Waals surface area contributed by atoms with E-state index >= 15 is 0 Å². The number of anilines is 1. The van der Waals surface area contributed by atoms with Gasteiger partial charge in [0, 0.05) is 49.2 Å². The number of rotatable bonds is 8. The highest BCUT2D eigenvalue weighted by Crippen LogP contribution is 2.27. The van der Waals surface area contributed by atoms with Gasteiger partial charge in [0.1, 0.15) is 5.60 Å². The van der Waals surface area contributed by atoms with Gasteiger partial charge in [-0.25, -0.2) is 0 Å². The number of ether oxygens (including phenoxy) is 1. The van der Waals surface area contributed by atoms with E-state index in [1.165, 1.54) is 0 Å². The molecule has 0 spiro atoms. The normalized spacial score (nSPS) is 18.1. The van der Waals surface area contributed by atoms with Gasteiger partial charge in [0.25, 0.3) is 0 Å². The summed E-state index contributed by atoms with van der Waals surface area (Å²) < 4.78 is 5.25. The third-order valence-corrected chi connectivity index (χ3v) is 5.88. The standard InChI is InChI=1S/C24H37ClN2O4/c1-6-18-15-19(7-10-21(18)25)27-14-13-26(16-17(27)2)22(29)11-8-20(28)9-12-23(30)31-24(3,4)5/h7,10,15,17,20,28H,6,8-9,11-14,16H2,1-5H3/t17-,20?/m0/s1. The summed E-state index contributed by atoms with van der Waals surface area (Å²) in [6.45, 7) is 11.7. The van der Waals surface area contributed by atoms with Crippen LogP contribution in [0.3, 0.4) is 0 Å². The van der Waals surface area contributed by atoms with Crippen molar-refractivity contribution in [3.63, 3.8) is 0 Å². The van der Waals surface area contributed by atoms with Gasteiger partial charge in [-0.2, -0.15) is 0 Å². The molecule has 2 rings (SSSR count). The second kappa shape index (κ2) is 11.2. The van der Waals surface area contributed by atoms with Crippen LogP contribution in [0.1, 0.15) is 65.9 Å². The summed E-state index contributed by atoms with van der Waals surface area (Å²) in [6.07, 6.45) is 1.30. The fraction of sp³-hybridized carbons (Fsp3) is 0.667. The zero-order chi connectivity index (χ0) is 23.2. The van der Waals surface area contributed by atoms with Gasteiger partial charge in [0.05, 0.1) is 6.10 Å². The Morgan fingerprint density at radius 3 is 2.52 bits per heavy atom. The fourth-order valence-corrected chi connectivity index (χ4v) is 4.10. The molecule has 0 aromatic heterocycles. The highest BCUT2D eigenvalue weighted by molar-refractivity contribution is 6.31. The SMILES string of the molecule is CCc1cc(N2CCN(C(=O)CCC(O)CCC(=O)OC(C)(C)C)C[C@@H]2C)ccc1Cl. The first-order chi connectivity index (χ1) is 14.5. The number of nitrogens with zero attached hydrogens (tertiary/aromatic N) is 2. The van der Waals surface area contributed by atoms with Gasteiger partial charge in [0.2, 0.25) is 5.91 Å². The number of carbonyl (C=O) groups is 2. The second-order valence-electron chi connectivity index (χ2n) is 9.33. The summed E-state index contributed by atoms with van der Waals surface area (Å²) in [5, 5.41) is 11.0. The molecule has 0 saturated carbocycles. The van der Waals surface area contributed by atoms with E-state index in [4.69, 9.17) is 16.3 Å². The average Bonchev–Trinajstić information content (AvgIpc) is 2.69. The minimum Gasteiger partial charge on any atom is -0.460 e. The fourth-order valence-electron chi connectivity index (χ4n) is 3.85. The Morgan fingerprint density at radius 2 is 1.90 bits per heavy atom. The van der Waals surface area contributed by atoms with Crippen molar-refractivity contribution in [3.8, 4) is 0 Å². The van der Waals surface area contributed by atoms with Crippen LogP contribution in [0.5, 0.6) is 0 Å². The molecule has 0 radical (unpaired) electrons.